The van der Waals surface area contributed by atoms with E-state index in [9.17, 15) is 9.90 Å². The number of aliphatic hydroxyl groups is 1. The van der Waals surface area contributed by atoms with Crippen molar-refractivity contribution in [2.45, 2.75) is 25.5 Å². The molecule has 4 heterocycles. The highest BCUT2D eigenvalue weighted by molar-refractivity contribution is 5.84. The normalized spacial score (nSPS) is 20.8. The van der Waals surface area contributed by atoms with Gasteiger partial charge in [0.05, 0.1) is 44.3 Å². The molecule has 2 fully saturated rings. The van der Waals surface area contributed by atoms with Crippen LogP contribution in [0.25, 0.3) is 11.4 Å². The third-order valence-electron chi connectivity index (χ3n) is 6.65. The van der Waals surface area contributed by atoms with Crippen molar-refractivity contribution in [3.05, 3.63) is 36.0 Å². The van der Waals surface area contributed by atoms with Crippen LogP contribution < -0.4 is 15.1 Å². The number of aromatic nitrogens is 2. The van der Waals surface area contributed by atoms with Crippen molar-refractivity contribution in [3.8, 4) is 11.4 Å². The van der Waals surface area contributed by atoms with Crippen LogP contribution in [0.3, 0.4) is 0 Å². The van der Waals surface area contributed by atoms with Gasteiger partial charge in [0.15, 0.2) is 11.6 Å². The minimum atomic E-state index is -0.0267. The summed E-state index contributed by atoms with van der Waals surface area (Å²) >= 11 is 0. The molecule has 2 N–H and O–H groups in total. The van der Waals surface area contributed by atoms with Gasteiger partial charge >= 0.3 is 0 Å². The molecule has 5 rings (SSSR count). The Balaban J connectivity index is 1.36. The Kier molecular flexibility index (Phi) is 6.70. The number of fused-ring (bicyclic) bond motifs is 3. The van der Waals surface area contributed by atoms with E-state index in [1.54, 1.807) is 0 Å². The van der Waals surface area contributed by atoms with Crippen LogP contribution in [0.2, 0.25) is 0 Å². The molecule has 33 heavy (non-hydrogen) atoms. The van der Waals surface area contributed by atoms with Gasteiger partial charge < -0.3 is 29.7 Å². The van der Waals surface area contributed by atoms with Crippen LogP contribution in [0.5, 0.6) is 0 Å². The van der Waals surface area contributed by atoms with E-state index in [0.717, 1.165) is 55.2 Å². The van der Waals surface area contributed by atoms with Crippen molar-refractivity contribution < 1.29 is 19.4 Å². The Morgan fingerprint density at radius 1 is 1.21 bits per heavy atom. The molecule has 2 saturated heterocycles. The van der Waals surface area contributed by atoms with E-state index in [2.05, 4.69) is 20.1 Å². The maximum atomic E-state index is 12.8. The zero-order chi connectivity index (χ0) is 22.6. The second-order valence-corrected chi connectivity index (χ2v) is 8.92. The van der Waals surface area contributed by atoms with Crippen LogP contribution in [0.15, 0.2) is 30.5 Å². The van der Waals surface area contributed by atoms with Crippen LogP contribution in [0.4, 0.5) is 11.5 Å². The van der Waals surface area contributed by atoms with Crippen molar-refractivity contribution in [1.82, 2.24) is 15.3 Å². The monoisotopic (exact) mass is 453 g/mol. The van der Waals surface area contributed by atoms with Gasteiger partial charge in [0.2, 0.25) is 5.91 Å². The Morgan fingerprint density at radius 3 is 2.94 bits per heavy atom. The van der Waals surface area contributed by atoms with E-state index in [1.165, 1.54) is 0 Å². The first kappa shape index (κ1) is 22.1. The summed E-state index contributed by atoms with van der Waals surface area (Å²) in [5, 5.41) is 12.6. The maximum Gasteiger partial charge on any atom is 0.239 e. The zero-order valence-corrected chi connectivity index (χ0v) is 18.8. The van der Waals surface area contributed by atoms with Gasteiger partial charge in [-0.3, -0.25) is 4.79 Å². The maximum absolute atomic E-state index is 12.8. The molecule has 1 aromatic heterocycles. The van der Waals surface area contributed by atoms with Crippen molar-refractivity contribution >= 4 is 17.4 Å². The summed E-state index contributed by atoms with van der Waals surface area (Å²) in [6, 6.07) is 7.77. The average molecular weight is 454 g/mol. The number of anilines is 2. The van der Waals surface area contributed by atoms with Gasteiger partial charge in [-0.05, 0) is 30.4 Å². The first-order valence-electron chi connectivity index (χ1n) is 11.7. The SMILES string of the molecule is O=C(CN1C[C@@H]2COCCN2c2nc(-c3cccc(CO)c3)ncc21)NCC1CCOCC1. The predicted molar refractivity (Wildman–Crippen MR) is 124 cm³/mol. The van der Waals surface area contributed by atoms with Gasteiger partial charge in [0.1, 0.15) is 0 Å². The largest absolute Gasteiger partial charge is 0.392 e. The van der Waals surface area contributed by atoms with E-state index in [1.807, 2.05) is 30.5 Å². The van der Waals surface area contributed by atoms with Crippen molar-refractivity contribution in [3.63, 3.8) is 0 Å². The summed E-state index contributed by atoms with van der Waals surface area (Å²) in [7, 11) is 0. The minimum Gasteiger partial charge on any atom is -0.392 e. The van der Waals surface area contributed by atoms with Gasteiger partial charge in [-0.1, -0.05) is 18.2 Å². The number of carbonyl (C=O) groups excluding carboxylic acids is 1. The standard InChI is InChI=1S/C24H31N5O4/c30-15-18-2-1-3-19(10-18)23-26-12-21-24(27-23)29-6-9-33-16-20(29)13-28(21)14-22(31)25-11-17-4-7-32-8-5-17/h1-3,10,12,17,20,30H,4-9,11,13-16H2,(H,25,31)/t20-/m1/s1. The van der Waals surface area contributed by atoms with E-state index >= 15 is 0 Å². The number of ether oxygens (including phenoxy) is 2. The molecule has 1 atom stereocenters. The highest BCUT2D eigenvalue weighted by Gasteiger charge is 2.35. The number of morpholine rings is 1. The molecule has 9 heteroatoms. The molecule has 0 radical (unpaired) electrons. The fraction of sp³-hybridized carbons (Fsp3) is 0.542. The molecule has 0 aliphatic carbocycles. The molecular formula is C24H31N5O4. The van der Waals surface area contributed by atoms with Gasteiger partial charge in [-0.25, -0.2) is 9.97 Å². The molecular weight excluding hydrogens is 422 g/mol. The highest BCUT2D eigenvalue weighted by atomic mass is 16.5. The quantitative estimate of drug-likeness (QED) is 0.673. The Hall–Kier alpha value is -2.75. The molecule has 0 saturated carbocycles. The number of benzene rings is 1. The smallest absolute Gasteiger partial charge is 0.239 e. The van der Waals surface area contributed by atoms with Crippen LogP contribution in [0.1, 0.15) is 18.4 Å². The van der Waals surface area contributed by atoms with E-state index in [-0.39, 0.29) is 25.1 Å². The van der Waals surface area contributed by atoms with Gasteiger partial charge in [0, 0.05) is 38.4 Å². The lowest BCUT2D eigenvalue weighted by Crippen LogP contribution is -2.57. The third-order valence-corrected chi connectivity index (χ3v) is 6.65. The number of nitrogens with one attached hydrogen (secondary N) is 1. The van der Waals surface area contributed by atoms with E-state index in [0.29, 0.717) is 38.0 Å². The number of rotatable bonds is 6. The lowest BCUT2D eigenvalue weighted by molar-refractivity contribution is -0.120. The zero-order valence-electron chi connectivity index (χ0n) is 18.8. The number of hydrogen-bond donors (Lipinski definition) is 2. The Bertz CT molecular complexity index is 981. The van der Waals surface area contributed by atoms with Crippen molar-refractivity contribution in [1.29, 1.82) is 0 Å². The lowest BCUT2D eigenvalue weighted by Gasteiger charge is -2.45. The minimum absolute atomic E-state index is 0.0114. The number of amides is 1. The van der Waals surface area contributed by atoms with E-state index < -0.39 is 0 Å². The number of carbonyl (C=O) groups is 1. The van der Waals surface area contributed by atoms with Gasteiger partial charge in [-0.2, -0.15) is 0 Å². The summed E-state index contributed by atoms with van der Waals surface area (Å²) in [6.07, 6.45) is 3.81. The molecule has 1 amide bonds. The second kappa shape index (κ2) is 10.0. The van der Waals surface area contributed by atoms with Crippen LogP contribution in [-0.4, -0.2) is 79.6 Å². The fourth-order valence-electron chi connectivity index (χ4n) is 4.77. The Labute approximate surface area is 193 Å². The summed E-state index contributed by atoms with van der Waals surface area (Å²) in [5.41, 5.74) is 2.55. The summed E-state index contributed by atoms with van der Waals surface area (Å²) in [5.74, 6) is 1.95. The Morgan fingerprint density at radius 2 is 2.09 bits per heavy atom. The molecule has 176 valence electrons. The second-order valence-electron chi connectivity index (χ2n) is 8.92. The fourth-order valence-corrected chi connectivity index (χ4v) is 4.77. The molecule has 9 nitrogen and oxygen atoms in total. The van der Waals surface area contributed by atoms with Crippen molar-refractivity contribution in [2.75, 3.05) is 62.4 Å². The van der Waals surface area contributed by atoms with Crippen LogP contribution in [0, 0.1) is 5.92 Å². The lowest BCUT2D eigenvalue weighted by atomic mass is 10.0. The molecule has 3 aliphatic rings. The first-order valence-corrected chi connectivity index (χ1v) is 11.7. The molecule has 1 aromatic carbocycles. The molecule has 0 bridgehead atoms. The molecule has 0 unspecified atom stereocenters. The topological polar surface area (TPSA) is 100 Å². The number of aliphatic hydroxyl groups excluding tert-OH is 1. The summed E-state index contributed by atoms with van der Waals surface area (Å²) < 4.78 is 11.1. The predicted octanol–water partition coefficient (Wildman–Crippen LogP) is 1.20. The third kappa shape index (κ3) is 4.95. The molecule has 2 aromatic rings. The van der Waals surface area contributed by atoms with Gasteiger partial charge in [-0.15, -0.1) is 0 Å². The van der Waals surface area contributed by atoms with Crippen LogP contribution in [-0.2, 0) is 20.9 Å². The average Bonchev–Trinajstić information content (AvgIpc) is 2.88. The summed E-state index contributed by atoms with van der Waals surface area (Å²) in [4.78, 5) is 26.7. The molecule has 0 spiro atoms. The van der Waals surface area contributed by atoms with Crippen LogP contribution >= 0.6 is 0 Å². The first-order chi connectivity index (χ1) is 16.2. The van der Waals surface area contributed by atoms with Gasteiger partial charge in [0.25, 0.3) is 0 Å². The number of nitrogens with zero attached hydrogens (tertiary/aromatic N) is 4. The van der Waals surface area contributed by atoms with E-state index in [4.69, 9.17) is 14.5 Å². The highest BCUT2D eigenvalue weighted by Crippen LogP contribution is 2.35. The number of hydrogen-bond acceptors (Lipinski definition) is 8. The summed E-state index contributed by atoms with van der Waals surface area (Å²) in [6.45, 7) is 5.20. The molecule has 3 aliphatic heterocycles. The van der Waals surface area contributed by atoms with Crippen molar-refractivity contribution in [2.24, 2.45) is 5.92 Å².